The Morgan fingerprint density at radius 3 is 1.37 bits per heavy atom. The van der Waals surface area contributed by atoms with Crippen molar-refractivity contribution in [3.05, 3.63) is 47.0 Å². The van der Waals surface area contributed by atoms with Crippen LogP contribution in [-0.4, -0.2) is 31.2 Å². The third-order valence-electron chi connectivity index (χ3n) is 4.23. The molecule has 0 amide bonds. The van der Waals surface area contributed by atoms with E-state index in [1.807, 2.05) is 0 Å². The van der Waals surface area contributed by atoms with E-state index in [1.165, 1.54) is 13.8 Å². The first-order chi connectivity index (χ1) is 12.2. The first kappa shape index (κ1) is 20.3. The van der Waals surface area contributed by atoms with Gasteiger partial charge in [0.15, 0.2) is 0 Å². The first-order valence-corrected chi connectivity index (χ1v) is 10.9. The summed E-state index contributed by atoms with van der Waals surface area (Å²) in [5, 5.41) is -0.109. The molecule has 0 aliphatic rings. The molecule has 0 radical (unpaired) electrons. The normalized spacial score (nSPS) is 13.7. The molecule has 0 saturated carbocycles. The molecule has 0 spiro atoms. The summed E-state index contributed by atoms with van der Waals surface area (Å²) in [6, 6.07) is 3.39. The van der Waals surface area contributed by atoms with Gasteiger partial charge < -0.3 is 0 Å². The first-order valence-electron chi connectivity index (χ1n) is 7.37. The quantitative estimate of drug-likeness (QED) is 0.276. The van der Waals surface area contributed by atoms with E-state index in [1.54, 1.807) is 0 Å². The van der Waals surface area contributed by atoms with Gasteiger partial charge >= 0.3 is 153 Å². The Labute approximate surface area is 153 Å². The molecule has 10 heteroatoms. The van der Waals surface area contributed by atoms with Crippen LogP contribution in [0, 0.1) is 25.5 Å². The number of benzene rings is 2. The molecule has 0 bridgehead atoms. The number of aryl methyl sites for hydroxylation is 2. The fraction of sp³-hybridized carbons (Fsp3) is 0.294. The summed E-state index contributed by atoms with van der Waals surface area (Å²) in [6.45, 7) is 2.60. The second-order valence-corrected chi connectivity index (χ2v) is 11.8. The minimum atomic E-state index is -6.51. The van der Waals surface area contributed by atoms with E-state index in [-0.39, 0.29) is 21.9 Å². The molecule has 2 aromatic carbocycles. The third kappa shape index (κ3) is 2.83. The Bertz CT molecular complexity index is 995. The van der Waals surface area contributed by atoms with Crippen LogP contribution >= 0.6 is 0 Å². The molecule has 0 fully saturated rings. The van der Waals surface area contributed by atoms with E-state index in [4.69, 9.17) is 0 Å². The average Bonchev–Trinajstić information content (AvgIpc) is 2.80. The van der Waals surface area contributed by atoms with Crippen molar-refractivity contribution >= 4 is 36.6 Å². The summed E-state index contributed by atoms with van der Waals surface area (Å²) in [5.74, 6) is -8.34. The maximum absolute atomic E-state index is 14.6. The summed E-state index contributed by atoms with van der Waals surface area (Å²) in [5.41, 5.74) is 0.0141. The predicted octanol–water partition coefficient (Wildman–Crippen LogP) is 6.38. The van der Waals surface area contributed by atoms with E-state index in [0.717, 1.165) is 12.1 Å². The molecule has 0 N–H and O–H groups in total. The molecule has 0 aliphatic heterocycles. The monoisotopic (exact) mass is 515 g/mol. The van der Waals surface area contributed by atoms with Crippen molar-refractivity contribution in [2.75, 3.05) is 0 Å². The zero-order valence-electron chi connectivity index (χ0n) is 13.6. The molecule has 3 rings (SSSR count). The Morgan fingerprint density at radius 1 is 0.667 bits per heavy atom. The number of fused-ring (bicyclic) bond motifs is 3. The molecular weight excluding hydrogens is 503 g/mol. The molecule has 27 heavy (non-hydrogen) atoms. The number of hydrogen-bond donors (Lipinski definition) is 0. The summed E-state index contributed by atoms with van der Waals surface area (Å²) in [4.78, 5) is 0. The van der Waals surface area contributed by atoms with E-state index in [2.05, 4.69) is 0 Å². The summed E-state index contributed by atoms with van der Waals surface area (Å²) >= 11 is -5.10. The Balaban J connectivity index is 2.54. The molecule has 146 valence electrons. The van der Waals surface area contributed by atoms with Crippen LogP contribution in [0.15, 0.2) is 24.3 Å². The molecule has 1 aromatic heterocycles. The Hall–Kier alpha value is -1.40. The maximum atomic E-state index is 14.6. The Morgan fingerprint density at radius 2 is 1.04 bits per heavy atom. The van der Waals surface area contributed by atoms with Crippen LogP contribution < -0.4 is 0 Å². The summed E-state index contributed by atoms with van der Waals surface area (Å²) in [7, 11) is 0. The molecule has 0 aliphatic carbocycles. The van der Waals surface area contributed by atoms with E-state index >= 15 is 0 Å². The molecule has 0 nitrogen and oxygen atoms in total. The van der Waals surface area contributed by atoms with Crippen molar-refractivity contribution in [1.29, 1.82) is 0 Å². The zero-order chi connectivity index (χ0) is 20.5. The van der Waals surface area contributed by atoms with Crippen molar-refractivity contribution in [3.8, 4) is 0 Å². The summed E-state index contributed by atoms with van der Waals surface area (Å²) in [6.07, 6.45) is -6.51. The predicted molar refractivity (Wildman–Crippen MR) is 83.6 cm³/mol. The second-order valence-electron chi connectivity index (χ2n) is 6.09. The van der Waals surface area contributed by atoms with Crippen molar-refractivity contribution < 1.29 is 39.5 Å². The fourth-order valence-corrected chi connectivity index (χ4v) is 9.57. The SMILES string of the molecule is Cc1cc2c3cc(C)c(F)cc3[te+](C(F)(F)C(F)(F)C(F)(F)F)c2cc1F. The molecule has 0 saturated heterocycles. The van der Waals surface area contributed by atoms with Gasteiger partial charge in [0.2, 0.25) is 0 Å². The fourth-order valence-electron chi connectivity index (χ4n) is 2.77. The molecule has 3 aromatic rings. The number of halogens is 9. The van der Waals surface area contributed by atoms with Gasteiger partial charge in [-0.15, -0.1) is 0 Å². The van der Waals surface area contributed by atoms with Gasteiger partial charge in [0.1, 0.15) is 0 Å². The molecule has 0 unspecified atom stereocenters. The average molecular weight is 513 g/mol. The summed E-state index contributed by atoms with van der Waals surface area (Å²) < 4.78 is 116. The van der Waals surface area contributed by atoms with Crippen molar-refractivity contribution in [2.24, 2.45) is 0 Å². The second kappa shape index (κ2) is 6.05. The third-order valence-corrected chi connectivity index (χ3v) is 10.9. The van der Waals surface area contributed by atoms with Gasteiger partial charge in [-0.05, 0) is 0 Å². The van der Waals surface area contributed by atoms with Gasteiger partial charge in [-0.1, -0.05) is 0 Å². The Kier molecular flexibility index (Phi) is 4.55. The number of rotatable bonds is 2. The molecular formula is C17H10F9Te+. The number of hydrogen-bond acceptors (Lipinski definition) is 0. The van der Waals surface area contributed by atoms with Gasteiger partial charge in [-0.3, -0.25) is 0 Å². The van der Waals surface area contributed by atoms with Crippen molar-refractivity contribution in [2.45, 2.75) is 29.9 Å². The van der Waals surface area contributed by atoms with Gasteiger partial charge in [-0.25, -0.2) is 0 Å². The van der Waals surface area contributed by atoms with E-state index in [9.17, 15) is 39.5 Å². The zero-order valence-corrected chi connectivity index (χ0v) is 15.9. The van der Waals surface area contributed by atoms with E-state index in [0.29, 0.717) is 12.1 Å². The van der Waals surface area contributed by atoms with Crippen LogP contribution in [0.5, 0.6) is 0 Å². The van der Waals surface area contributed by atoms with Crippen LogP contribution in [0.2, 0.25) is 0 Å². The topological polar surface area (TPSA) is 0 Å². The van der Waals surface area contributed by atoms with E-state index < -0.39 is 53.6 Å². The van der Waals surface area contributed by atoms with Gasteiger partial charge in [0.05, 0.1) is 0 Å². The van der Waals surface area contributed by atoms with Crippen LogP contribution in [0.3, 0.4) is 0 Å². The van der Waals surface area contributed by atoms with Crippen molar-refractivity contribution in [3.63, 3.8) is 0 Å². The standard InChI is InChI=1S/C17H10F9Te/c1-7-3-9-10-4-8(2)12(19)6-14(10)27(13(9)5-11(7)18)17(25,26)15(20,21)16(22,23)24/h3-6H,1-2H3/q+1. The van der Waals surface area contributed by atoms with Crippen molar-refractivity contribution in [1.82, 2.24) is 0 Å². The van der Waals surface area contributed by atoms with Crippen LogP contribution in [0.1, 0.15) is 11.1 Å². The van der Waals surface area contributed by atoms with Gasteiger partial charge in [-0.2, -0.15) is 0 Å². The minimum absolute atomic E-state index is 0.00704. The molecule has 0 atom stereocenters. The van der Waals surface area contributed by atoms with Crippen LogP contribution in [0.4, 0.5) is 39.5 Å². The van der Waals surface area contributed by atoms with Gasteiger partial charge in [0, 0.05) is 0 Å². The van der Waals surface area contributed by atoms with Crippen LogP contribution in [0.25, 0.3) is 17.6 Å². The van der Waals surface area contributed by atoms with Gasteiger partial charge in [0.25, 0.3) is 0 Å². The number of alkyl halides is 7. The molecule has 1 heterocycles. The van der Waals surface area contributed by atoms with Crippen LogP contribution in [-0.2, 0) is 3.97 Å².